The van der Waals surface area contributed by atoms with Gasteiger partial charge in [0.25, 0.3) is 0 Å². The summed E-state index contributed by atoms with van der Waals surface area (Å²) in [4.78, 5) is 2.57. The minimum atomic E-state index is 0.178. The summed E-state index contributed by atoms with van der Waals surface area (Å²) in [5.74, 6) is 0.746. The van der Waals surface area contributed by atoms with E-state index >= 15 is 0 Å². The Balaban J connectivity index is 2.74. The van der Waals surface area contributed by atoms with Crippen molar-refractivity contribution in [3.63, 3.8) is 0 Å². The molecule has 0 aromatic heterocycles. The predicted octanol–water partition coefficient (Wildman–Crippen LogP) is 2.64. The third-order valence-corrected chi connectivity index (χ3v) is 4.95. The summed E-state index contributed by atoms with van der Waals surface area (Å²) < 4.78 is 5.47. The van der Waals surface area contributed by atoms with Gasteiger partial charge < -0.3 is 10.5 Å². The lowest BCUT2D eigenvalue weighted by Gasteiger charge is -2.47. The molecule has 18 heavy (non-hydrogen) atoms. The summed E-state index contributed by atoms with van der Waals surface area (Å²) in [5, 5.41) is 0. The highest BCUT2D eigenvalue weighted by molar-refractivity contribution is 4.94. The van der Waals surface area contributed by atoms with Crippen molar-refractivity contribution in [3.8, 4) is 0 Å². The summed E-state index contributed by atoms with van der Waals surface area (Å²) in [6.45, 7) is 9.48. The maximum atomic E-state index is 6.16. The van der Waals surface area contributed by atoms with Gasteiger partial charge in [0, 0.05) is 31.3 Å². The summed E-state index contributed by atoms with van der Waals surface area (Å²) in [5.41, 5.74) is 6.33. The molecule has 0 aromatic rings. The SMILES string of the molecule is CCC(C)CC(CC)(CN)N(C)C1CCOCC1. The van der Waals surface area contributed by atoms with Crippen LogP contribution in [-0.2, 0) is 4.74 Å². The predicted molar refractivity (Wildman–Crippen MR) is 77.8 cm³/mol. The van der Waals surface area contributed by atoms with Crippen molar-refractivity contribution in [3.05, 3.63) is 0 Å². The topological polar surface area (TPSA) is 38.5 Å². The van der Waals surface area contributed by atoms with E-state index < -0.39 is 0 Å². The molecule has 1 aliphatic heterocycles. The second-order valence-electron chi connectivity index (χ2n) is 5.95. The van der Waals surface area contributed by atoms with Crippen molar-refractivity contribution in [1.29, 1.82) is 0 Å². The maximum Gasteiger partial charge on any atom is 0.0480 e. The Labute approximate surface area is 113 Å². The smallest absolute Gasteiger partial charge is 0.0480 e. The minimum absolute atomic E-state index is 0.178. The molecule has 1 fully saturated rings. The van der Waals surface area contributed by atoms with E-state index in [2.05, 4.69) is 32.7 Å². The molecule has 2 unspecified atom stereocenters. The molecule has 0 radical (unpaired) electrons. The molecular formula is C15H32N2O. The Kier molecular flexibility index (Phi) is 6.61. The van der Waals surface area contributed by atoms with Crippen molar-refractivity contribution in [2.75, 3.05) is 26.8 Å². The van der Waals surface area contributed by atoms with Crippen molar-refractivity contribution >= 4 is 0 Å². The first-order valence-corrected chi connectivity index (χ1v) is 7.60. The zero-order chi connectivity index (χ0) is 13.6. The average Bonchev–Trinajstić information content (AvgIpc) is 2.44. The van der Waals surface area contributed by atoms with Crippen LogP contribution in [0.2, 0.25) is 0 Å². The third-order valence-electron chi connectivity index (χ3n) is 4.95. The Morgan fingerprint density at radius 1 is 1.33 bits per heavy atom. The maximum absolute atomic E-state index is 6.16. The van der Waals surface area contributed by atoms with Crippen molar-refractivity contribution in [1.82, 2.24) is 4.90 Å². The number of hydrogen-bond acceptors (Lipinski definition) is 3. The van der Waals surface area contributed by atoms with Gasteiger partial charge >= 0.3 is 0 Å². The fraction of sp³-hybridized carbons (Fsp3) is 1.00. The monoisotopic (exact) mass is 256 g/mol. The van der Waals surface area contributed by atoms with Gasteiger partial charge in [0.05, 0.1) is 0 Å². The molecule has 108 valence electrons. The van der Waals surface area contributed by atoms with Gasteiger partial charge in [-0.1, -0.05) is 27.2 Å². The number of nitrogens with two attached hydrogens (primary N) is 1. The number of nitrogens with zero attached hydrogens (tertiary/aromatic N) is 1. The van der Waals surface area contributed by atoms with Crippen molar-refractivity contribution in [2.45, 2.75) is 64.5 Å². The minimum Gasteiger partial charge on any atom is -0.381 e. The second-order valence-corrected chi connectivity index (χ2v) is 5.95. The van der Waals surface area contributed by atoms with Gasteiger partial charge in [-0.3, -0.25) is 4.90 Å². The summed E-state index contributed by atoms with van der Waals surface area (Å²) in [7, 11) is 2.27. The van der Waals surface area contributed by atoms with E-state index in [1.807, 2.05) is 0 Å². The van der Waals surface area contributed by atoms with Crippen LogP contribution in [0.5, 0.6) is 0 Å². The van der Waals surface area contributed by atoms with Crippen LogP contribution in [0.3, 0.4) is 0 Å². The van der Waals surface area contributed by atoms with Gasteiger partial charge in [0.1, 0.15) is 0 Å². The van der Waals surface area contributed by atoms with Crippen LogP contribution >= 0.6 is 0 Å². The fourth-order valence-electron chi connectivity index (χ4n) is 3.16. The molecule has 3 heteroatoms. The van der Waals surface area contributed by atoms with E-state index in [1.54, 1.807) is 0 Å². The van der Waals surface area contributed by atoms with Crippen LogP contribution in [0.15, 0.2) is 0 Å². The highest BCUT2D eigenvalue weighted by Crippen LogP contribution is 2.31. The molecule has 3 nitrogen and oxygen atoms in total. The number of likely N-dealkylation sites (N-methyl/N-ethyl adjacent to an activating group) is 1. The lowest BCUT2D eigenvalue weighted by molar-refractivity contribution is -0.0120. The molecule has 1 aliphatic rings. The zero-order valence-corrected chi connectivity index (χ0v) is 12.7. The van der Waals surface area contributed by atoms with Crippen LogP contribution in [0.25, 0.3) is 0 Å². The third kappa shape index (κ3) is 3.69. The summed E-state index contributed by atoms with van der Waals surface area (Å²) in [6.07, 6.45) is 5.90. The second kappa shape index (κ2) is 7.46. The lowest BCUT2D eigenvalue weighted by atomic mass is 9.82. The average molecular weight is 256 g/mol. The van der Waals surface area contributed by atoms with Gasteiger partial charge in [0.2, 0.25) is 0 Å². The van der Waals surface area contributed by atoms with E-state index in [4.69, 9.17) is 10.5 Å². The summed E-state index contributed by atoms with van der Waals surface area (Å²) >= 11 is 0. The zero-order valence-electron chi connectivity index (χ0n) is 12.7. The molecule has 0 aliphatic carbocycles. The molecule has 0 amide bonds. The number of hydrogen-bond donors (Lipinski definition) is 1. The molecule has 0 spiro atoms. The Bertz CT molecular complexity index is 223. The molecule has 1 heterocycles. The molecule has 2 atom stereocenters. The lowest BCUT2D eigenvalue weighted by Crippen LogP contribution is -2.57. The molecule has 2 N–H and O–H groups in total. The van der Waals surface area contributed by atoms with Crippen LogP contribution < -0.4 is 5.73 Å². The summed E-state index contributed by atoms with van der Waals surface area (Å²) in [6, 6.07) is 0.645. The van der Waals surface area contributed by atoms with Gasteiger partial charge in [-0.2, -0.15) is 0 Å². The van der Waals surface area contributed by atoms with E-state index in [0.717, 1.165) is 44.9 Å². The van der Waals surface area contributed by atoms with E-state index in [0.29, 0.717) is 6.04 Å². The molecular weight excluding hydrogens is 224 g/mol. The van der Waals surface area contributed by atoms with Crippen molar-refractivity contribution in [2.24, 2.45) is 11.7 Å². The van der Waals surface area contributed by atoms with Crippen LogP contribution in [0, 0.1) is 5.92 Å². The van der Waals surface area contributed by atoms with Gasteiger partial charge in [-0.25, -0.2) is 0 Å². The van der Waals surface area contributed by atoms with E-state index in [1.165, 1.54) is 12.8 Å². The van der Waals surface area contributed by atoms with E-state index in [-0.39, 0.29) is 5.54 Å². The molecule has 0 saturated carbocycles. The van der Waals surface area contributed by atoms with Crippen LogP contribution in [0.1, 0.15) is 52.9 Å². The number of ether oxygens (including phenoxy) is 1. The first-order valence-electron chi connectivity index (χ1n) is 7.60. The van der Waals surface area contributed by atoms with Crippen LogP contribution in [-0.4, -0.2) is 43.3 Å². The van der Waals surface area contributed by atoms with Gasteiger partial charge in [0.15, 0.2) is 0 Å². The molecule has 1 rings (SSSR count). The normalized spacial score (nSPS) is 23.0. The Morgan fingerprint density at radius 2 is 1.94 bits per heavy atom. The van der Waals surface area contributed by atoms with Crippen molar-refractivity contribution < 1.29 is 4.74 Å². The Morgan fingerprint density at radius 3 is 2.39 bits per heavy atom. The van der Waals surface area contributed by atoms with Crippen LogP contribution in [0.4, 0.5) is 0 Å². The standard InChI is InChI=1S/C15H32N2O/c1-5-13(3)11-15(6-2,12-16)17(4)14-7-9-18-10-8-14/h13-14H,5-12,16H2,1-4H3. The first-order chi connectivity index (χ1) is 8.59. The van der Waals surface area contributed by atoms with E-state index in [9.17, 15) is 0 Å². The highest BCUT2D eigenvalue weighted by Gasteiger charge is 2.36. The molecule has 0 aromatic carbocycles. The molecule has 1 saturated heterocycles. The quantitative estimate of drug-likeness (QED) is 0.761. The fourth-order valence-corrected chi connectivity index (χ4v) is 3.16. The largest absolute Gasteiger partial charge is 0.381 e. The number of rotatable bonds is 7. The molecule has 0 bridgehead atoms. The van der Waals surface area contributed by atoms with Gasteiger partial charge in [-0.05, 0) is 38.6 Å². The van der Waals surface area contributed by atoms with Gasteiger partial charge in [-0.15, -0.1) is 0 Å². The first kappa shape index (κ1) is 15.9. The Hall–Kier alpha value is -0.120. The highest BCUT2D eigenvalue weighted by atomic mass is 16.5.